The number of benzene rings is 1. The first-order valence-electron chi connectivity index (χ1n) is 5.83. The summed E-state index contributed by atoms with van der Waals surface area (Å²) >= 11 is 0. The molecular formula is C13H18N2O. The average molecular weight is 218 g/mol. The van der Waals surface area contributed by atoms with E-state index in [9.17, 15) is 0 Å². The molecule has 1 aromatic carbocycles. The monoisotopic (exact) mass is 218 g/mol. The molecule has 0 saturated heterocycles. The largest absolute Gasteiger partial charge is 0.492 e. The second-order valence-electron chi connectivity index (χ2n) is 3.96. The second-order valence-corrected chi connectivity index (χ2v) is 3.96. The van der Waals surface area contributed by atoms with Gasteiger partial charge in [-0.1, -0.05) is 18.2 Å². The summed E-state index contributed by atoms with van der Waals surface area (Å²) in [6.07, 6.45) is 0. The third-order valence-corrected chi connectivity index (χ3v) is 3.13. The topological polar surface area (TPSA) is 36.3 Å². The van der Waals surface area contributed by atoms with E-state index in [1.54, 1.807) is 0 Å². The molecule has 3 heteroatoms. The molecule has 1 N–H and O–H groups in total. The standard InChI is InChI=1S/C13H18N2O/c1-3-15(4-2)13(14)11-9-16-12-8-6-5-7-10(11)12/h5-8,11,14H,3-4,9H2,1-2H3. The van der Waals surface area contributed by atoms with Gasteiger partial charge < -0.3 is 9.64 Å². The number of nitrogens with zero attached hydrogens (tertiary/aromatic N) is 1. The first-order valence-corrected chi connectivity index (χ1v) is 5.83. The highest BCUT2D eigenvalue weighted by molar-refractivity contribution is 5.88. The number of nitrogens with one attached hydrogen (secondary N) is 1. The van der Waals surface area contributed by atoms with Crippen LogP contribution in [0.3, 0.4) is 0 Å². The van der Waals surface area contributed by atoms with Gasteiger partial charge in [0.1, 0.15) is 18.2 Å². The van der Waals surface area contributed by atoms with Gasteiger partial charge in [-0.25, -0.2) is 0 Å². The molecule has 16 heavy (non-hydrogen) atoms. The highest BCUT2D eigenvalue weighted by atomic mass is 16.5. The zero-order valence-corrected chi connectivity index (χ0v) is 9.86. The molecule has 0 spiro atoms. The Labute approximate surface area is 96.5 Å². The minimum Gasteiger partial charge on any atom is -0.492 e. The van der Waals surface area contributed by atoms with Gasteiger partial charge in [0.15, 0.2) is 0 Å². The first kappa shape index (κ1) is 11.0. The number of rotatable bonds is 3. The molecule has 1 atom stereocenters. The van der Waals surface area contributed by atoms with Crippen molar-refractivity contribution in [1.82, 2.24) is 4.90 Å². The summed E-state index contributed by atoms with van der Waals surface area (Å²) in [4.78, 5) is 2.08. The molecule has 3 nitrogen and oxygen atoms in total. The molecular weight excluding hydrogens is 200 g/mol. The SMILES string of the molecule is CCN(CC)C(=N)C1COc2ccccc21. The molecule has 0 bridgehead atoms. The van der Waals surface area contributed by atoms with Gasteiger partial charge in [0.05, 0.1) is 5.92 Å². The van der Waals surface area contributed by atoms with E-state index in [1.165, 1.54) is 0 Å². The van der Waals surface area contributed by atoms with Gasteiger partial charge in [-0.3, -0.25) is 5.41 Å². The summed E-state index contributed by atoms with van der Waals surface area (Å²) < 4.78 is 5.60. The van der Waals surface area contributed by atoms with Gasteiger partial charge in [-0.05, 0) is 19.9 Å². The molecule has 1 heterocycles. The van der Waals surface area contributed by atoms with Crippen LogP contribution in [0.5, 0.6) is 5.75 Å². The predicted octanol–water partition coefficient (Wildman–Crippen LogP) is 2.48. The number of amidine groups is 1. The maximum Gasteiger partial charge on any atom is 0.123 e. The van der Waals surface area contributed by atoms with Crippen LogP contribution in [0.15, 0.2) is 24.3 Å². The van der Waals surface area contributed by atoms with Gasteiger partial charge in [0.25, 0.3) is 0 Å². The smallest absolute Gasteiger partial charge is 0.123 e. The quantitative estimate of drug-likeness (QED) is 0.625. The van der Waals surface area contributed by atoms with Crippen LogP contribution in [0.4, 0.5) is 0 Å². The number of likely N-dealkylation sites (N-methyl/N-ethyl adjacent to an activating group) is 1. The van der Waals surface area contributed by atoms with Crippen molar-refractivity contribution < 1.29 is 4.74 Å². The van der Waals surface area contributed by atoms with Crippen molar-refractivity contribution in [2.75, 3.05) is 19.7 Å². The van der Waals surface area contributed by atoms with Gasteiger partial charge in [-0.2, -0.15) is 0 Å². The van der Waals surface area contributed by atoms with Crippen LogP contribution in [0.1, 0.15) is 25.3 Å². The van der Waals surface area contributed by atoms with Crippen LogP contribution in [-0.2, 0) is 0 Å². The molecule has 1 aliphatic rings. The lowest BCUT2D eigenvalue weighted by atomic mass is 9.99. The highest BCUT2D eigenvalue weighted by Gasteiger charge is 2.29. The van der Waals surface area contributed by atoms with E-state index in [0.717, 1.165) is 24.4 Å². The van der Waals surface area contributed by atoms with E-state index in [0.29, 0.717) is 12.4 Å². The van der Waals surface area contributed by atoms with Crippen molar-refractivity contribution in [3.05, 3.63) is 29.8 Å². The number of hydrogen-bond acceptors (Lipinski definition) is 2. The van der Waals surface area contributed by atoms with Crippen LogP contribution in [0.2, 0.25) is 0 Å². The number of fused-ring (bicyclic) bond motifs is 1. The summed E-state index contributed by atoms with van der Waals surface area (Å²) in [7, 11) is 0. The Morgan fingerprint density at radius 2 is 2.06 bits per heavy atom. The fourth-order valence-corrected chi connectivity index (χ4v) is 2.17. The third kappa shape index (κ3) is 1.77. The lowest BCUT2D eigenvalue weighted by Crippen LogP contribution is -2.34. The van der Waals surface area contributed by atoms with E-state index in [-0.39, 0.29) is 5.92 Å². The average Bonchev–Trinajstić information content (AvgIpc) is 2.74. The Morgan fingerprint density at radius 3 is 2.75 bits per heavy atom. The molecule has 0 radical (unpaired) electrons. The van der Waals surface area contributed by atoms with Crippen molar-refractivity contribution in [2.45, 2.75) is 19.8 Å². The van der Waals surface area contributed by atoms with Crippen LogP contribution >= 0.6 is 0 Å². The maximum absolute atomic E-state index is 8.22. The Balaban J connectivity index is 2.22. The minimum absolute atomic E-state index is 0.107. The zero-order valence-electron chi connectivity index (χ0n) is 9.86. The predicted molar refractivity (Wildman–Crippen MR) is 65.3 cm³/mol. The Morgan fingerprint density at radius 1 is 1.38 bits per heavy atom. The van der Waals surface area contributed by atoms with Gasteiger partial charge >= 0.3 is 0 Å². The highest BCUT2D eigenvalue weighted by Crippen LogP contribution is 2.34. The van der Waals surface area contributed by atoms with Crippen molar-refractivity contribution in [3.63, 3.8) is 0 Å². The summed E-state index contributed by atoms with van der Waals surface area (Å²) in [6.45, 7) is 6.54. The van der Waals surface area contributed by atoms with Gasteiger partial charge in [0.2, 0.25) is 0 Å². The van der Waals surface area contributed by atoms with Crippen LogP contribution in [-0.4, -0.2) is 30.4 Å². The first-order chi connectivity index (χ1) is 7.77. The third-order valence-electron chi connectivity index (χ3n) is 3.13. The lowest BCUT2D eigenvalue weighted by Gasteiger charge is -2.25. The number of hydrogen-bond donors (Lipinski definition) is 1. The number of ether oxygens (including phenoxy) is 1. The number of para-hydroxylation sites is 1. The van der Waals surface area contributed by atoms with Crippen molar-refractivity contribution in [1.29, 1.82) is 5.41 Å². The van der Waals surface area contributed by atoms with Crippen molar-refractivity contribution in [3.8, 4) is 5.75 Å². The molecule has 1 aliphatic heterocycles. The molecule has 0 aliphatic carbocycles. The minimum atomic E-state index is 0.107. The molecule has 86 valence electrons. The summed E-state index contributed by atoms with van der Waals surface area (Å²) in [5.41, 5.74) is 1.15. The van der Waals surface area contributed by atoms with E-state index in [1.807, 2.05) is 18.2 Å². The molecule has 0 fully saturated rings. The molecule has 1 aromatic rings. The molecule has 0 saturated carbocycles. The fourth-order valence-electron chi connectivity index (χ4n) is 2.17. The Kier molecular flexibility index (Phi) is 3.13. The van der Waals surface area contributed by atoms with Crippen LogP contribution in [0.25, 0.3) is 0 Å². The van der Waals surface area contributed by atoms with E-state index < -0.39 is 0 Å². The van der Waals surface area contributed by atoms with E-state index >= 15 is 0 Å². The normalized spacial score (nSPS) is 17.8. The molecule has 1 unspecified atom stereocenters. The molecule has 2 rings (SSSR count). The van der Waals surface area contributed by atoms with Crippen molar-refractivity contribution >= 4 is 5.84 Å². The second kappa shape index (κ2) is 4.56. The maximum atomic E-state index is 8.22. The Hall–Kier alpha value is -1.51. The van der Waals surface area contributed by atoms with E-state index in [4.69, 9.17) is 10.1 Å². The van der Waals surface area contributed by atoms with Crippen LogP contribution < -0.4 is 4.74 Å². The summed E-state index contributed by atoms with van der Waals surface area (Å²) in [5, 5.41) is 8.22. The Bertz CT molecular complexity index is 385. The van der Waals surface area contributed by atoms with E-state index in [2.05, 4.69) is 24.8 Å². The van der Waals surface area contributed by atoms with Crippen molar-refractivity contribution in [2.24, 2.45) is 0 Å². The van der Waals surface area contributed by atoms with Gasteiger partial charge in [-0.15, -0.1) is 0 Å². The lowest BCUT2D eigenvalue weighted by molar-refractivity contribution is 0.338. The summed E-state index contributed by atoms with van der Waals surface area (Å²) in [5.74, 6) is 1.72. The zero-order chi connectivity index (χ0) is 11.5. The van der Waals surface area contributed by atoms with Crippen LogP contribution in [0, 0.1) is 5.41 Å². The molecule has 0 aromatic heterocycles. The van der Waals surface area contributed by atoms with Gasteiger partial charge in [0, 0.05) is 18.7 Å². The molecule has 0 amide bonds. The summed E-state index contributed by atoms with van der Waals surface area (Å²) in [6, 6.07) is 8.02. The fraction of sp³-hybridized carbons (Fsp3) is 0.462.